The lowest BCUT2D eigenvalue weighted by atomic mass is 10.2. The summed E-state index contributed by atoms with van der Waals surface area (Å²) in [6.07, 6.45) is 2.52. The summed E-state index contributed by atoms with van der Waals surface area (Å²) in [7, 11) is 1.63. The molecule has 174 valence electrons. The molecule has 0 aliphatic heterocycles. The first-order chi connectivity index (χ1) is 15.2. The van der Waals surface area contributed by atoms with Gasteiger partial charge in [0.15, 0.2) is 5.96 Å². The van der Waals surface area contributed by atoms with Gasteiger partial charge in [-0.2, -0.15) is 0 Å². The highest BCUT2D eigenvalue weighted by atomic mass is 127. The van der Waals surface area contributed by atoms with Crippen LogP contribution in [-0.2, 0) is 17.9 Å². The van der Waals surface area contributed by atoms with Crippen LogP contribution in [0.15, 0.2) is 53.5 Å². The average molecular weight is 552 g/mol. The molecule has 2 aromatic carbocycles. The average Bonchev–Trinajstić information content (AvgIpc) is 3.63. The van der Waals surface area contributed by atoms with Crippen LogP contribution in [-0.4, -0.2) is 38.7 Å². The highest BCUT2D eigenvalue weighted by Crippen LogP contribution is 2.30. The number of halogens is 1. The van der Waals surface area contributed by atoms with Crippen molar-refractivity contribution in [1.29, 1.82) is 0 Å². The summed E-state index contributed by atoms with van der Waals surface area (Å²) in [6.45, 7) is 4.55. The molecule has 0 saturated heterocycles. The van der Waals surface area contributed by atoms with E-state index in [0.29, 0.717) is 31.5 Å². The van der Waals surface area contributed by atoms with Crippen LogP contribution in [0.3, 0.4) is 0 Å². The van der Waals surface area contributed by atoms with Crippen molar-refractivity contribution >= 4 is 35.8 Å². The van der Waals surface area contributed by atoms with E-state index >= 15 is 0 Å². The minimum absolute atomic E-state index is 0. The highest BCUT2D eigenvalue weighted by Gasteiger charge is 2.22. The zero-order valence-electron chi connectivity index (χ0n) is 18.7. The van der Waals surface area contributed by atoms with Gasteiger partial charge in [-0.3, -0.25) is 4.79 Å². The number of guanidine groups is 1. The van der Waals surface area contributed by atoms with Crippen LogP contribution in [0.1, 0.15) is 30.9 Å². The minimum Gasteiger partial charge on any atom is -0.497 e. The molecule has 0 radical (unpaired) electrons. The van der Waals surface area contributed by atoms with E-state index in [4.69, 9.17) is 9.47 Å². The number of nitrogens with zero attached hydrogens (tertiary/aromatic N) is 1. The van der Waals surface area contributed by atoms with Crippen LogP contribution in [0.2, 0.25) is 0 Å². The van der Waals surface area contributed by atoms with Crippen LogP contribution in [0.25, 0.3) is 0 Å². The zero-order valence-corrected chi connectivity index (χ0v) is 21.1. The predicted molar refractivity (Wildman–Crippen MR) is 138 cm³/mol. The van der Waals surface area contributed by atoms with Gasteiger partial charge in [-0.25, -0.2) is 4.99 Å². The van der Waals surface area contributed by atoms with E-state index in [9.17, 15) is 4.79 Å². The summed E-state index contributed by atoms with van der Waals surface area (Å²) in [5.41, 5.74) is 2.04. The molecule has 0 heterocycles. The number of hydrogen-bond donors (Lipinski definition) is 3. The van der Waals surface area contributed by atoms with Gasteiger partial charge in [0.1, 0.15) is 11.5 Å². The third-order valence-corrected chi connectivity index (χ3v) is 4.96. The number of methoxy groups -OCH3 is 1. The van der Waals surface area contributed by atoms with Gasteiger partial charge < -0.3 is 25.4 Å². The van der Waals surface area contributed by atoms with Crippen molar-refractivity contribution in [3.8, 4) is 11.5 Å². The quantitative estimate of drug-likeness (QED) is 0.226. The number of ether oxygens (including phenoxy) is 2. The third-order valence-electron chi connectivity index (χ3n) is 4.96. The molecule has 0 atom stereocenters. The fourth-order valence-electron chi connectivity index (χ4n) is 2.94. The molecule has 32 heavy (non-hydrogen) atoms. The number of amides is 1. The molecule has 1 fully saturated rings. The first kappa shape index (κ1) is 25.8. The number of rotatable bonds is 11. The van der Waals surface area contributed by atoms with Gasteiger partial charge in [0, 0.05) is 18.7 Å². The summed E-state index contributed by atoms with van der Waals surface area (Å²) in [5, 5.41) is 9.17. The number of hydrogen-bond acceptors (Lipinski definition) is 4. The number of para-hydroxylation sites is 1. The van der Waals surface area contributed by atoms with Crippen LogP contribution in [0.4, 0.5) is 0 Å². The van der Waals surface area contributed by atoms with E-state index in [2.05, 4.69) is 20.9 Å². The van der Waals surface area contributed by atoms with Crippen LogP contribution >= 0.6 is 24.0 Å². The van der Waals surface area contributed by atoms with Gasteiger partial charge in [0.25, 0.3) is 0 Å². The Morgan fingerprint density at radius 3 is 2.50 bits per heavy atom. The Bertz CT molecular complexity index is 870. The molecule has 3 N–H and O–H groups in total. The van der Waals surface area contributed by atoms with E-state index in [0.717, 1.165) is 29.2 Å². The van der Waals surface area contributed by atoms with Crippen molar-refractivity contribution in [2.45, 2.75) is 32.9 Å². The Kier molecular flexibility index (Phi) is 11.1. The van der Waals surface area contributed by atoms with E-state index in [1.807, 2.05) is 55.5 Å². The van der Waals surface area contributed by atoms with Gasteiger partial charge >= 0.3 is 0 Å². The van der Waals surface area contributed by atoms with E-state index in [1.165, 1.54) is 12.8 Å². The second-order valence-corrected chi connectivity index (χ2v) is 7.54. The predicted octanol–water partition coefficient (Wildman–Crippen LogP) is 3.47. The van der Waals surface area contributed by atoms with Crippen molar-refractivity contribution in [2.24, 2.45) is 10.9 Å². The zero-order chi connectivity index (χ0) is 21.9. The second kappa shape index (κ2) is 13.8. The number of carbonyl (C=O) groups excluding carboxylic acids is 1. The van der Waals surface area contributed by atoms with E-state index in [-0.39, 0.29) is 36.4 Å². The smallest absolute Gasteiger partial charge is 0.239 e. The summed E-state index contributed by atoms with van der Waals surface area (Å²) >= 11 is 0. The lowest BCUT2D eigenvalue weighted by molar-refractivity contribution is -0.120. The molecule has 1 aliphatic carbocycles. The molecule has 0 aromatic heterocycles. The van der Waals surface area contributed by atoms with Crippen molar-refractivity contribution < 1.29 is 14.3 Å². The largest absolute Gasteiger partial charge is 0.497 e. The Morgan fingerprint density at radius 1 is 1.06 bits per heavy atom. The molecule has 3 rings (SSSR count). The molecule has 0 bridgehead atoms. The number of nitrogens with one attached hydrogen (secondary N) is 3. The summed E-state index contributed by atoms with van der Waals surface area (Å²) < 4.78 is 11.1. The Hall–Kier alpha value is -2.49. The third kappa shape index (κ3) is 8.94. The molecular formula is C24H33IN4O3. The van der Waals surface area contributed by atoms with Gasteiger partial charge in [-0.05, 0) is 49.4 Å². The standard InChI is InChI=1S/C24H32N4O3.HI/c1-3-25-24(27-15-20-6-4-5-7-22(20)31-17-19-8-9-19)28-16-23(29)26-14-18-10-12-21(30-2)13-11-18;/h4-7,10-13,19H,3,8-9,14-17H2,1-2H3,(H,26,29)(H2,25,27,28);1H. The Labute approximate surface area is 207 Å². The Morgan fingerprint density at radius 2 is 1.81 bits per heavy atom. The molecule has 0 spiro atoms. The first-order valence-electron chi connectivity index (χ1n) is 10.8. The normalized spacial score (nSPS) is 13.0. The lowest BCUT2D eigenvalue weighted by Gasteiger charge is -2.13. The SMILES string of the molecule is CCNC(=NCc1ccccc1OCC1CC1)NCC(=O)NCc1ccc(OC)cc1.I. The fourth-order valence-corrected chi connectivity index (χ4v) is 2.94. The lowest BCUT2D eigenvalue weighted by Crippen LogP contribution is -2.43. The molecular weight excluding hydrogens is 519 g/mol. The molecule has 1 amide bonds. The fraction of sp³-hybridized carbons (Fsp3) is 0.417. The van der Waals surface area contributed by atoms with Gasteiger partial charge in [0.2, 0.25) is 5.91 Å². The van der Waals surface area contributed by atoms with Crippen LogP contribution in [0, 0.1) is 5.92 Å². The molecule has 1 saturated carbocycles. The van der Waals surface area contributed by atoms with E-state index in [1.54, 1.807) is 7.11 Å². The Balaban J connectivity index is 0.00000363. The van der Waals surface area contributed by atoms with Gasteiger partial charge in [-0.1, -0.05) is 30.3 Å². The number of carbonyl (C=O) groups is 1. The second-order valence-electron chi connectivity index (χ2n) is 7.54. The maximum atomic E-state index is 12.2. The monoisotopic (exact) mass is 552 g/mol. The summed E-state index contributed by atoms with van der Waals surface area (Å²) in [6, 6.07) is 15.6. The van der Waals surface area contributed by atoms with Gasteiger partial charge in [-0.15, -0.1) is 24.0 Å². The maximum Gasteiger partial charge on any atom is 0.239 e. The molecule has 1 aliphatic rings. The van der Waals surface area contributed by atoms with Crippen molar-refractivity contribution in [3.63, 3.8) is 0 Å². The van der Waals surface area contributed by atoms with Crippen LogP contribution in [0.5, 0.6) is 11.5 Å². The maximum absolute atomic E-state index is 12.2. The molecule has 2 aromatic rings. The first-order valence-corrected chi connectivity index (χ1v) is 10.8. The van der Waals surface area contributed by atoms with Gasteiger partial charge in [0.05, 0.1) is 26.8 Å². The van der Waals surface area contributed by atoms with Crippen molar-refractivity contribution in [1.82, 2.24) is 16.0 Å². The highest BCUT2D eigenvalue weighted by molar-refractivity contribution is 14.0. The molecule has 0 unspecified atom stereocenters. The van der Waals surface area contributed by atoms with Crippen molar-refractivity contribution in [2.75, 3.05) is 26.8 Å². The van der Waals surface area contributed by atoms with E-state index < -0.39 is 0 Å². The topological polar surface area (TPSA) is 84.0 Å². The summed E-state index contributed by atoms with van der Waals surface area (Å²) in [4.78, 5) is 16.8. The minimum atomic E-state index is -0.102. The number of benzene rings is 2. The summed E-state index contributed by atoms with van der Waals surface area (Å²) in [5.74, 6) is 2.87. The van der Waals surface area contributed by atoms with Crippen molar-refractivity contribution in [3.05, 3.63) is 59.7 Å². The van der Waals surface area contributed by atoms with Crippen LogP contribution < -0.4 is 25.4 Å². The molecule has 8 heteroatoms. The molecule has 7 nitrogen and oxygen atoms in total. The number of aliphatic imine (C=N–C) groups is 1.